The van der Waals surface area contributed by atoms with Crippen molar-refractivity contribution in [3.05, 3.63) is 23.8 Å². The van der Waals surface area contributed by atoms with Gasteiger partial charge in [0.25, 0.3) is 0 Å². The molecule has 3 N–H and O–H groups in total. The zero-order chi connectivity index (χ0) is 10.7. The van der Waals surface area contributed by atoms with Gasteiger partial charge in [-0.15, -0.1) is 0 Å². The van der Waals surface area contributed by atoms with Crippen molar-refractivity contribution in [3.8, 4) is 5.75 Å². The first kappa shape index (κ1) is 10.4. The van der Waals surface area contributed by atoms with E-state index in [-0.39, 0.29) is 5.75 Å². The van der Waals surface area contributed by atoms with Crippen molar-refractivity contribution in [2.75, 3.05) is 5.32 Å². The normalized spacial score (nSPS) is 12.1. The van der Waals surface area contributed by atoms with Gasteiger partial charge in [0, 0.05) is 0 Å². The summed E-state index contributed by atoms with van der Waals surface area (Å²) in [6, 6.07) is 4.32. The van der Waals surface area contributed by atoms with E-state index < -0.39 is 12.0 Å². The van der Waals surface area contributed by atoms with Gasteiger partial charge in [-0.2, -0.15) is 0 Å². The predicted molar refractivity (Wildman–Crippen MR) is 53.6 cm³/mol. The summed E-state index contributed by atoms with van der Waals surface area (Å²) in [5.74, 6) is -0.886. The highest BCUT2D eigenvalue weighted by Gasteiger charge is 2.11. The topological polar surface area (TPSA) is 69.6 Å². The van der Waals surface area contributed by atoms with E-state index in [0.29, 0.717) is 5.69 Å². The Bertz CT molecular complexity index is 349. The highest BCUT2D eigenvalue weighted by atomic mass is 16.4. The number of hydrogen-bond acceptors (Lipinski definition) is 3. The van der Waals surface area contributed by atoms with Crippen LogP contribution >= 0.6 is 0 Å². The second-order valence-electron chi connectivity index (χ2n) is 3.22. The van der Waals surface area contributed by atoms with Crippen LogP contribution in [0.1, 0.15) is 12.5 Å². The van der Waals surface area contributed by atoms with Gasteiger partial charge in [-0.05, 0) is 31.5 Å². The Morgan fingerprint density at radius 3 is 2.64 bits per heavy atom. The number of phenolic OH excluding ortho intramolecular Hbond substituents is 1. The Labute approximate surface area is 82.2 Å². The highest BCUT2D eigenvalue weighted by Crippen LogP contribution is 2.24. The summed E-state index contributed by atoms with van der Waals surface area (Å²) in [5.41, 5.74) is 1.36. The molecular formula is C10H13NO3. The van der Waals surface area contributed by atoms with Gasteiger partial charge < -0.3 is 15.5 Å². The maximum Gasteiger partial charge on any atom is 0.325 e. The number of hydrogen-bond donors (Lipinski definition) is 3. The maximum absolute atomic E-state index is 10.5. The molecule has 0 fully saturated rings. The Morgan fingerprint density at radius 2 is 2.14 bits per heavy atom. The summed E-state index contributed by atoms with van der Waals surface area (Å²) in [4.78, 5) is 10.5. The molecule has 0 radical (unpaired) electrons. The van der Waals surface area contributed by atoms with E-state index in [4.69, 9.17) is 5.11 Å². The molecule has 0 amide bonds. The Kier molecular flexibility index (Phi) is 2.96. The lowest BCUT2D eigenvalue weighted by molar-refractivity contribution is -0.137. The van der Waals surface area contributed by atoms with Crippen molar-refractivity contribution in [2.45, 2.75) is 19.9 Å². The van der Waals surface area contributed by atoms with E-state index in [1.807, 2.05) is 6.92 Å². The minimum atomic E-state index is -0.954. The molecule has 0 saturated heterocycles. The molecule has 1 rings (SSSR count). The monoisotopic (exact) mass is 195 g/mol. The molecule has 76 valence electrons. The summed E-state index contributed by atoms with van der Waals surface area (Å²) in [6.45, 7) is 3.37. The molecule has 0 aliphatic rings. The number of carboxylic acid groups (broad SMARTS) is 1. The van der Waals surface area contributed by atoms with Crippen molar-refractivity contribution in [3.63, 3.8) is 0 Å². The third kappa shape index (κ3) is 2.39. The highest BCUT2D eigenvalue weighted by molar-refractivity contribution is 5.77. The fourth-order valence-electron chi connectivity index (χ4n) is 1.06. The molecule has 4 heteroatoms. The molecule has 1 aromatic rings. The average molecular weight is 195 g/mol. The summed E-state index contributed by atoms with van der Waals surface area (Å²) in [6.07, 6.45) is 0. The van der Waals surface area contributed by atoms with Crippen LogP contribution in [0.25, 0.3) is 0 Å². The summed E-state index contributed by atoms with van der Waals surface area (Å²) in [5, 5.41) is 20.8. The van der Waals surface area contributed by atoms with Crippen LogP contribution in [0.15, 0.2) is 18.2 Å². The molecular weight excluding hydrogens is 182 g/mol. The lowest BCUT2D eigenvalue weighted by atomic mass is 10.2. The van der Waals surface area contributed by atoms with E-state index in [1.54, 1.807) is 18.2 Å². The van der Waals surface area contributed by atoms with Gasteiger partial charge in [0.05, 0.1) is 5.69 Å². The lowest BCUT2D eigenvalue weighted by Crippen LogP contribution is -2.25. The molecule has 1 atom stereocenters. The fourth-order valence-corrected chi connectivity index (χ4v) is 1.06. The number of aliphatic carboxylic acids is 1. The van der Waals surface area contributed by atoms with Crippen molar-refractivity contribution < 1.29 is 15.0 Å². The number of aryl methyl sites for hydroxylation is 1. The van der Waals surface area contributed by atoms with Crippen molar-refractivity contribution in [1.29, 1.82) is 0 Å². The van der Waals surface area contributed by atoms with Crippen LogP contribution in [0.3, 0.4) is 0 Å². The van der Waals surface area contributed by atoms with Crippen molar-refractivity contribution in [1.82, 2.24) is 0 Å². The third-order valence-corrected chi connectivity index (χ3v) is 1.90. The number of carboxylic acids is 1. The third-order valence-electron chi connectivity index (χ3n) is 1.90. The van der Waals surface area contributed by atoms with Crippen LogP contribution in [0, 0.1) is 6.92 Å². The van der Waals surface area contributed by atoms with Crippen LogP contribution in [-0.2, 0) is 4.79 Å². The zero-order valence-electron chi connectivity index (χ0n) is 8.11. The SMILES string of the molecule is Cc1ccc(N[C@@H](C)C(=O)O)c(O)c1. The minimum absolute atomic E-state index is 0.0677. The summed E-state index contributed by atoms with van der Waals surface area (Å²) < 4.78 is 0. The van der Waals surface area contributed by atoms with Crippen LogP contribution < -0.4 is 5.32 Å². The smallest absolute Gasteiger partial charge is 0.325 e. The zero-order valence-corrected chi connectivity index (χ0v) is 8.11. The number of aromatic hydroxyl groups is 1. The number of nitrogens with one attached hydrogen (secondary N) is 1. The van der Waals surface area contributed by atoms with Gasteiger partial charge in [-0.1, -0.05) is 6.07 Å². The Balaban J connectivity index is 2.82. The Hall–Kier alpha value is -1.71. The van der Waals surface area contributed by atoms with Gasteiger partial charge in [-0.3, -0.25) is 4.79 Å². The second-order valence-corrected chi connectivity index (χ2v) is 3.22. The average Bonchev–Trinajstić information content (AvgIpc) is 2.09. The standard InChI is InChI=1S/C10H13NO3/c1-6-3-4-8(9(12)5-6)11-7(2)10(13)14/h3-5,7,11-12H,1-2H3,(H,13,14)/t7-/m0/s1. The molecule has 0 heterocycles. The van der Waals surface area contributed by atoms with Crippen molar-refractivity contribution >= 4 is 11.7 Å². The van der Waals surface area contributed by atoms with E-state index in [2.05, 4.69) is 5.32 Å². The fraction of sp³-hybridized carbons (Fsp3) is 0.300. The van der Waals surface area contributed by atoms with E-state index >= 15 is 0 Å². The van der Waals surface area contributed by atoms with E-state index in [0.717, 1.165) is 5.56 Å². The molecule has 0 spiro atoms. The molecule has 0 saturated carbocycles. The van der Waals surface area contributed by atoms with Crippen LogP contribution in [-0.4, -0.2) is 22.2 Å². The molecule has 0 aliphatic carbocycles. The van der Waals surface area contributed by atoms with Gasteiger partial charge in [0.2, 0.25) is 0 Å². The summed E-state index contributed by atoms with van der Waals surface area (Å²) >= 11 is 0. The number of anilines is 1. The first-order chi connectivity index (χ1) is 6.50. The van der Waals surface area contributed by atoms with Gasteiger partial charge in [0.1, 0.15) is 11.8 Å². The van der Waals surface area contributed by atoms with Gasteiger partial charge in [-0.25, -0.2) is 0 Å². The quantitative estimate of drug-likeness (QED) is 0.640. The molecule has 0 aromatic heterocycles. The number of phenols is 1. The molecule has 4 nitrogen and oxygen atoms in total. The maximum atomic E-state index is 10.5. The largest absolute Gasteiger partial charge is 0.506 e. The van der Waals surface area contributed by atoms with Gasteiger partial charge >= 0.3 is 5.97 Å². The minimum Gasteiger partial charge on any atom is -0.506 e. The predicted octanol–water partition coefficient (Wildman–Crippen LogP) is 1.59. The van der Waals surface area contributed by atoms with Gasteiger partial charge in [0.15, 0.2) is 0 Å². The van der Waals surface area contributed by atoms with Crippen LogP contribution in [0.4, 0.5) is 5.69 Å². The first-order valence-corrected chi connectivity index (χ1v) is 4.29. The molecule has 14 heavy (non-hydrogen) atoms. The molecule has 0 unspecified atom stereocenters. The number of benzene rings is 1. The van der Waals surface area contributed by atoms with E-state index in [1.165, 1.54) is 6.92 Å². The lowest BCUT2D eigenvalue weighted by Gasteiger charge is -2.12. The van der Waals surface area contributed by atoms with Crippen LogP contribution in [0.5, 0.6) is 5.75 Å². The summed E-state index contributed by atoms with van der Waals surface area (Å²) in [7, 11) is 0. The molecule has 0 aliphatic heterocycles. The second kappa shape index (κ2) is 4.00. The molecule has 1 aromatic carbocycles. The van der Waals surface area contributed by atoms with E-state index in [9.17, 15) is 9.90 Å². The number of carbonyl (C=O) groups is 1. The Morgan fingerprint density at radius 1 is 1.50 bits per heavy atom. The number of rotatable bonds is 3. The van der Waals surface area contributed by atoms with Crippen LogP contribution in [0.2, 0.25) is 0 Å². The first-order valence-electron chi connectivity index (χ1n) is 4.29. The van der Waals surface area contributed by atoms with Crippen molar-refractivity contribution in [2.24, 2.45) is 0 Å². The molecule has 0 bridgehead atoms.